The van der Waals surface area contributed by atoms with Gasteiger partial charge in [-0.1, -0.05) is 36.4 Å². The van der Waals surface area contributed by atoms with Crippen LogP contribution in [0.3, 0.4) is 0 Å². The Morgan fingerprint density at radius 2 is 2.00 bits per heavy atom. The van der Waals surface area contributed by atoms with Crippen LogP contribution in [0.2, 0.25) is 0 Å². The Kier molecular flexibility index (Phi) is 2.27. The molecule has 1 aliphatic heterocycles. The van der Waals surface area contributed by atoms with Crippen molar-refractivity contribution in [3.05, 3.63) is 47.5 Å². The number of allylic oxidation sites excluding steroid dienone is 1. The zero-order chi connectivity index (χ0) is 9.97. The molecule has 0 atom stereocenters. The van der Waals surface area contributed by atoms with Gasteiger partial charge in [0.25, 0.3) is 0 Å². The smallest absolute Gasteiger partial charge is 0.161 e. The zero-order valence-electron chi connectivity index (χ0n) is 8.03. The molecule has 0 unspecified atom stereocenters. The van der Waals surface area contributed by atoms with Crippen molar-refractivity contribution in [1.82, 2.24) is 0 Å². The van der Waals surface area contributed by atoms with Crippen LogP contribution in [-0.4, -0.2) is 18.0 Å². The van der Waals surface area contributed by atoms with Crippen molar-refractivity contribution in [2.45, 2.75) is 6.92 Å². The maximum Gasteiger partial charge on any atom is 0.161 e. The lowest BCUT2D eigenvalue weighted by Gasteiger charge is -2.02. The Balaban J connectivity index is 2.38. The largest absolute Gasteiger partial charge is 0.294 e. The highest BCUT2D eigenvalue weighted by Crippen LogP contribution is 2.15. The highest BCUT2D eigenvalue weighted by atomic mass is 16.1. The summed E-state index contributed by atoms with van der Waals surface area (Å²) < 4.78 is 0. The Morgan fingerprint density at radius 3 is 2.64 bits per heavy atom. The molecule has 1 aromatic carbocycles. The molecule has 2 heteroatoms. The molecule has 0 N–H and O–H groups in total. The van der Waals surface area contributed by atoms with E-state index >= 15 is 0 Å². The number of aliphatic imine (C=N–C) groups is 1. The summed E-state index contributed by atoms with van der Waals surface area (Å²) in [5.74, 6) is 0.0881. The van der Waals surface area contributed by atoms with Crippen molar-refractivity contribution in [2.75, 3.05) is 6.54 Å². The van der Waals surface area contributed by atoms with Gasteiger partial charge in [-0.15, -0.1) is 0 Å². The lowest BCUT2D eigenvalue weighted by molar-refractivity contribution is -0.113. The third-order valence-electron chi connectivity index (χ3n) is 2.23. The molecule has 0 saturated carbocycles. The lowest BCUT2D eigenvalue weighted by atomic mass is 10.0. The molecule has 2 nitrogen and oxygen atoms in total. The zero-order valence-corrected chi connectivity index (χ0v) is 8.03. The van der Waals surface area contributed by atoms with Crippen LogP contribution in [0.5, 0.6) is 0 Å². The summed E-state index contributed by atoms with van der Waals surface area (Å²) in [6.07, 6.45) is 1.88. The van der Waals surface area contributed by atoms with Gasteiger partial charge < -0.3 is 0 Å². The summed E-state index contributed by atoms with van der Waals surface area (Å²) in [5, 5.41) is 0. The molecule has 1 heterocycles. The first kappa shape index (κ1) is 8.88. The van der Waals surface area contributed by atoms with E-state index in [1.807, 2.05) is 36.4 Å². The maximum atomic E-state index is 11.3. The van der Waals surface area contributed by atoms with Gasteiger partial charge >= 0.3 is 0 Å². The van der Waals surface area contributed by atoms with Crippen molar-refractivity contribution < 1.29 is 4.79 Å². The van der Waals surface area contributed by atoms with Crippen molar-refractivity contribution in [3.63, 3.8) is 0 Å². The summed E-state index contributed by atoms with van der Waals surface area (Å²) in [7, 11) is 0. The lowest BCUT2D eigenvalue weighted by Crippen LogP contribution is -2.08. The minimum atomic E-state index is 0.0881. The molecular formula is C12H11NO. The molecular weight excluding hydrogens is 174 g/mol. The van der Waals surface area contributed by atoms with Gasteiger partial charge in [-0.25, -0.2) is 0 Å². The quantitative estimate of drug-likeness (QED) is 0.693. The van der Waals surface area contributed by atoms with Crippen LogP contribution in [0, 0.1) is 0 Å². The number of carbonyl (C=O) groups excluding carboxylic acids is 1. The molecule has 1 aliphatic rings. The first-order valence-corrected chi connectivity index (χ1v) is 4.60. The van der Waals surface area contributed by atoms with E-state index in [0.29, 0.717) is 6.54 Å². The van der Waals surface area contributed by atoms with E-state index in [0.717, 1.165) is 16.8 Å². The predicted octanol–water partition coefficient (Wildman–Crippen LogP) is 2.00. The summed E-state index contributed by atoms with van der Waals surface area (Å²) in [6.45, 7) is 2.20. The van der Waals surface area contributed by atoms with E-state index in [1.165, 1.54) is 0 Å². The molecule has 0 radical (unpaired) electrons. The Bertz CT molecular complexity index is 415. The Hall–Kier alpha value is -1.70. The standard InChI is InChI=1S/C12H11NO/c1-9(14)11-7-8-13-12(11)10-5-3-2-4-6-10/h2-7H,8H2,1H3. The van der Waals surface area contributed by atoms with Crippen LogP contribution in [0.15, 0.2) is 47.0 Å². The number of nitrogens with zero attached hydrogens (tertiary/aromatic N) is 1. The van der Waals surface area contributed by atoms with Gasteiger partial charge in [-0.2, -0.15) is 0 Å². The minimum absolute atomic E-state index is 0.0881. The van der Waals surface area contributed by atoms with Crippen LogP contribution >= 0.6 is 0 Å². The number of Topliss-reactive ketones (excluding diaryl/α,β-unsaturated/α-hetero) is 1. The molecule has 0 saturated heterocycles. The van der Waals surface area contributed by atoms with E-state index in [-0.39, 0.29) is 5.78 Å². The average Bonchev–Trinajstić information content (AvgIpc) is 2.67. The average molecular weight is 185 g/mol. The van der Waals surface area contributed by atoms with Gasteiger partial charge in [0.15, 0.2) is 5.78 Å². The van der Waals surface area contributed by atoms with Gasteiger partial charge in [-0.05, 0) is 6.92 Å². The van der Waals surface area contributed by atoms with E-state index in [2.05, 4.69) is 4.99 Å². The van der Waals surface area contributed by atoms with Crippen LogP contribution < -0.4 is 0 Å². The number of carbonyl (C=O) groups is 1. The first-order chi connectivity index (χ1) is 6.79. The van der Waals surface area contributed by atoms with E-state index < -0.39 is 0 Å². The number of hydrogen-bond acceptors (Lipinski definition) is 2. The fourth-order valence-corrected chi connectivity index (χ4v) is 1.56. The van der Waals surface area contributed by atoms with Gasteiger partial charge in [0, 0.05) is 11.1 Å². The second-order valence-corrected chi connectivity index (χ2v) is 3.23. The SMILES string of the molecule is CC(=O)C1=CCN=C1c1ccccc1. The maximum absolute atomic E-state index is 11.3. The number of benzene rings is 1. The van der Waals surface area contributed by atoms with Gasteiger partial charge in [0.05, 0.1) is 12.3 Å². The van der Waals surface area contributed by atoms with Gasteiger partial charge in [-0.3, -0.25) is 9.79 Å². The fourth-order valence-electron chi connectivity index (χ4n) is 1.56. The Labute approximate surface area is 83.0 Å². The number of hydrogen-bond donors (Lipinski definition) is 0. The molecule has 0 aliphatic carbocycles. The predicted molar refractivity (Wildman–Crippen MR) is 56.6 cm³/mol. The molecule has 1 aromatic rings. The third-order valence-corrected chi connectivity index (χ3v) is 2.23. The van der Waals surface area contributed by atoms with E-state index in [4.69, 9.17) is 0 Å². The highest BCUT2D eigenvalue weighted by Gasteiger charge is 2.16. The van der Waals surface area contributed by atoms with Crippen LogP contribution in [0.25, 0.3) is 0 Å². The summed E-state index contributed by atoms with van der Waals surface area (Å²) >= 11 is 0. The first-order valence-electron chi connectivity index (χ1n) is 4.60. The topological polar surface area (TPSA) is 29.4 Å². The third kappa shape index (κ3) is 1.51. The molecule has 0 bridgehead atoms. The van der Waals surface area contributed by atoms with Crippen LogP contribution in [0.4, 0.5) is 0 Å². The molecule has 70 valence electrons. The number of rotatable bonds is 2. The van der Waals surface area contributed by atoms with Crippen LogP contribution in [-0.2, 0) is 4.79 Å². The second kappa shape index (κ2) is 3.58. The summed E-state index contributed by atoms with van der Waals surface area (Å²) in [4.78, 5) is 15.6. The fraction of sp³-hybridized carbons (Fsp3) is 0.167. The molecule has 0 spiro atoms. The van der Waals surface area contributed by atoms with Gasteiger partial charge in [0.2, 0.25) is 0 Å². The van der Waals surface area contributed by atoms with E-state index in [1.54, 1.807) is 6.92 Å². The molecule has 0 amide bonds. The molecule has 2 rings (SSSR count). The van der Waals surface area contributed by atoms with Crippen molar-refractivity contribution >= 4 is 11.5 Å². The van der Waals surface area contributed by atoms with Crippen molar-refractivity contribution in [1.29, 1.82) is 0 Å². The monoisotopic (exact) mass is 185 g/mol. The molecule has 0 aromatic heterocycles. The highest BCUT2D eigenvalue weighted by molar-refractivity contribution is 6.29. The van der Waals surface area contributed by atoms with E-state index in [9.17, 15) is 4.79 Å². The second-order valence-electron chi connectivity index (χ2n) is 3.23. The normalized spacial score (nSPS) is 14.9. The van der Waals surface area contributed by atoms with Crippen molar-refractivity contribution in [3.8, 4) is 0 Å². The van der Waals surface area contributed by atoms with Crippen molar-refractivity contribution in [2.24, 2.45) is 4.99 Å². The Morgan fingerprint density at radius 1 is 1.29 bits per heavy atom. The molecule has 14 heavy (non-hydrogen) atoms. The minimum Gasteiger partial charge on any atom is -0.294 e. The van der Waals surface area contributed by atoms with Crippen LogP contribution in [0.1, 0.15) is 12.5 Å². The summed E-state index contributed by atoms with van der Waals surface area (Å²) in [6, 6.07) is 9.81. The van der Waals surface area contributed by atoms with Gasteiger partial charge in [0.1, 0.15) is 0 Å². The summed E-state index contributed by atoms with van der Waals surface area (Å²) in [5.41, 5.74) is 2.60. The molecule has 0 fully saturated rings. The number of ketones is 1.